The number of aldehydes is 1. The van der Waals surface area contributed by atoms with Crippen molar-refractivity contribution in [3.05, 3.63) is 53.0 Å². The van der Waals surface area contributed by atoms with Crippen LogP contribution in [0.3, 0.4) is 0 Å². The third kappa shape index (κ3) is 3.56. The van der Waals surface area contributed by atoms with Crippen molar-refractivity contribution in [2.24, 2.45) is 0 Å². The van der Waals surface area contributed by atoms with E-state index in [-0.39, 0.29) is 29.8 Å². The largest absolute Gasteiger partial charge is 0.478 e. The van der Waals surface area contributed by atoms with E-state index in [2.05, 4.69) is 4.98 Å². The number of unbranched alkanes of at least 4 members (excludes halogenated alkanes) is 1. The van der Waals surface area contributed by atoms with Crippen LogP contribution in [-0.4, -0.2) is 26.9 Å². The van der Waals surface area contributed by atoms with Crippen LogP contribution >= 0.6 is 0 Å². The minimum absolute atomic E-state index is 0.0383. The number of aryl methyl sites for hydroxylation is 1. The molecule has 0 saturated heterocycles. The van der Waals surface area contributed by atoms with Crippen molar-refractivity contribution in [3.8, 4) is 0 Å². The van der Waals surface area contributed by atoms with Gasteiger partial charge in [-0.05, 0) is 24.1 Å². The van der Waals surface area contributed by atoms with Gasteiger partial charge in [0, 0.05) is 13.0 Å². The molecule has 0 atom stereocenters. The molecule has 0 aliphatic heterocycles. The quantitative estimate of drug-likeness (QED) is 0.795. The Balaban J connectivity index is 2.48. The zero-order valence-electron chi connectivity index (χ0n) is 14.7. The summed E-state index contributed by atoms with van der Waals surface area (Å²) in [7, 11) is 0. The number of benzene rings is 1. The SMILES string of the molecule is [2H]c1cc(C(=O)O)c([2H])c([2H])c1Cn1c(C=O)cnc1CCCC. The Hall–Kier alpha value is -2.43. The van der Waals surface area contributed by atoms with Crippen LogP contribution in [-0.2, 0) is 13.0 Å². The number of aromatic carboxylic acids is 1. The first-order chi connectivity index (χ1) is 11.4. The predicted octanol–water partition coefficient (Wildman–Crippen LogP) is 2.78. The summed E-state index contributed by atoms with van der Waals surface area (Å²) in [5, 5.41) is 9.04. The van der Waals surface area contributed by atoms with Crippen LogP contribution in [0.1, 0.15) is 56.1 Å². The number of imidazole rings is 1. The van der Waals surface area contributed by atoms with Crippen molar-refractivity contribution < 1.29 is 18.8 Å². The molecule has 1 aromatic carbocycles. The zero-order chi connectivity index (χ0) is 17.9. The van der Waals surface area contributed by atoms with E-state index in [9.17, 15) is 9.59 Å². The van der Waals surface area contributed by atoms with Gasteiger partial charge in [-0.15, -0.1) is 0 Å². The van der Waals surface area contributed by atoms with Gasteiger partial charge in [-0.3, -0.25) is 4.79 Å². The molecule has 1 N–H and O–H groups in total. The Morgan fingerprint density at radius 2 is 2.29 bits per heavy atom. The Labute approximate surface area is 127 Å². The first-order valence-electron chi connectivity index (χ1n) is 8.23. The molecule has 5 heteroatoms. The molecular weight excluding hydrogens is 268 g/mol. The summed E-state index contributed by atoms with van der Waals surface area (Å²) in [6.45, 7) is 2.07. The molecule has 110 valence electrons. The van der Waals surface area contributed by atoms with E-state index in [1.165, 1.54) is 6.20 Å². The van der Waals surface area contributed by atoms with Gasteiger partial charge in [0.25, 0.3) is 0 Å². The van der Waals surface area contributed by atoms with Crippen LogP contribution in [0.5, 0.6) is 0 Å². The molecule has 0 saturated carbocycles. The number of carbonyl (C=O) groups excluding carboxylic acids is 1. The normalized spacial score (nSPS) is 12.5. The van der Waals surface area contributed by atoms with E-state index in [0.717, 1.165) is 18.9 Å². The van der Waals surface area contributed by atoms with E-state index >= 15 is 0 Å². The third-order valence-electron chi connectivity index (χ3n) is 3.13. The van der Waals surface area contributed by atoms with Crippen LogP contribution in [0.15, 0.2) is 30.4 Å². The maximum Gasteiger partial charge on any atom is 0.335 e. The lowest BCUT2D eigenvalue weighted by atomic mass is 10.1. The number of carboxylic acid groups (broad SMARTS) is 1. The second-order valence-corrected chi connectivity index (χ2v) is 4.64. The molecule has 1 aromatic heterocycles. The highest BCUT2D eigenvalue weighted by atomic mass is 16.4. The minimum atomic E-state index is -1.34. The predicted molar refractivity (Wildman–Crippen MR) is 78.7 cm³/mol. The highest BCUT2D eigenvalue weighted by molar-refractivity contribution is 5.87. The van der Waals surface area contributed by atoms with Crippen LogP contribution in [0.4, 0.5) is 0 Å². The fourth-order valence-corrected chi connectivity index (χ4v) is 1.97. The minimum Gasteiger partial charge on any atom is -0.478 e. The van der Waals surface area contributed by atoms with E-state index < -0.39 is 12.0 Å². The molecule has 21 heavy (non-hydrogen) atoms. The molecule has 5 nitrogen and oxygen atoms in total. The molecule has 0 spiro atoms. The molecule has 0 bridgehead atoms. The monoisotopic (exact) mass is 289 g/mol. The van der Waals surface area contributed by atoms with Crippen LogP contribution in [0, 0.1) is 0 Å². The molecule has 0 aliphatic carbocycles. The van der Waals surface area contributed by atoms with E-state index in [4.69, 9.17) is 9.22 Å². The summed E-state index contributed by atoms with van der Waals surface area (Å²) >= 11 is 0. The maximum atomic E-state index is 11.2. The number of carbonyl (C=O) groups is 2. The van der Waals surface area contributed by atoms with Gasteiger partial charge < -0.3 is 9.67 Å². The second-order valence-electron chi connectivity index (χ2n) is 4.64. The molecule has 0 aliphatic rings. The topological polar surface area (TPSA) is 72.2 Å². The molecule has 0 amide bonds. The average molecular weight is 289 g/mol. The Morgan fingerprint density at radius 3 is 2.95 bits per heavy atom. The van der Waals surface area contributed by atoms with Gasteiger partial charge in [0.2, 0.25) is 0 Å². The van der Waals surface area contributed by atoms with Gasteiger partial charge in [-0.25, -0.2) is 9.78 Å². The van der Waals surface area contributed by atoms with Gasteiger partial charge >= 0.3 is 5.97 Å². The fourth-order valence-electron chi connectivity index (χ4n) is 1.97. The number of aromatic nitrogens is 2. The van der Waals surface area contributed by atoms with Crippen LogP contribution in [0.2, 0.25) is 0 Å². The number of hydrogen-bond acceptors (Lipinski definition) is 3. The molecular formula is C16H18N2O3. The maximum absolute atomic E-state index is 11.2. The number of hydrogen-bond donors (Lipinski definition) is 1. The highest BCUT2D eigenvalue weighted by Crippen LogP contribution is 2.12. The average Bonchev–Trinajstić information content (AvgIpc) is 2.94. The third-order valence-corrected chi connectivity index (χ3v) is 3.13. The number of carboxylic acids is 1. The van der Waals surface area contributed by atoms with Crippen molar-refractivity contribution in [3.63, 3.8) is 0 Å². The van der Waals surface area contributed by atoms with Gasteiger partial charge in [0.15, 0.2) is 6.29 Å². The molecule has 2 aromatic rings. The number of rotatable bonds is 7. The van der Waals surface area contributed by atoms with Gasteiger partial charge in [0.1, 0.15) is 11.5 Å². The lowest BCUT2D eigenvalue weighted by Crippen LogP contribution is -2.09. The molecule has 0 unspecified atom stereocenters. The van der Waals surface area contributed by atoms with E-state index in [1.807, 2.05) is 6.92 Å². The smallest absolute Gasteiger partial charge is 0.335 e. The van der Waals surface area contributed by atoms with Gasteiger partial charge in [-0.2, -0.15) is 0 Å². The lowest BCUT2D eigenvalue weighted by molar-refractivity contribution is 0.0696. The summed E-state index contributed by atoms with van der Waals surface area (Å²) < 4.78 is 25.4. The molecule has 2 rings (SSSR count). The summed E-state index contributed by atoms with van der Waals surface area (Å²) in [5.41, 5.74) is 0.152. The standard InChI is InChI=1S/C16H18N2O3/c1-2-3-4-15-17-9-14(11-19)18(15)10-12-5-7-13(8-6-12)16(20)21/h5-9,11H,2-4,10H2,1H3,(H,20,21)/i5D,6D,7D. The van der Waals surface area contributed by atoms with Gasteiger partial charge in [0.05, 0.1) is 15.9 Å². The van der Waals surface area contributed by atoms with Gasteiger partial charge in [-0.1, -0.05) is 25.4 Å². The summed E-state index contributed by atoms with van der Waals surface area (Å²) in [4.78, 5) is 26.5. The Morgan fingerprint density at radius 1 is 1.48 bits per heavy atom. The van der Waals surface area contributed by atoms with E-state index in [1.54, 1.807) is 4.57 Å². The lowest BCUT2D eigenvalue weighted by Gasteiger charge is -2.10. The number of nitrogens with zero attached hydrogens (tertiary/aromatic N) is 2. The van der Waals surface area contributed by atoms with Crippen LogP contribution < -0.4 is 0 Å². The summed E-state index contributed by atoms with van der Waals surface area (Å²) in [6.07, 6.45) is 4.60. The Kier molecular flexibility index (Phi) is 3.66. The van der Waals surface area contributed by atoms with E-state index in [0.29, 0.717) is 24.2 Å². The summed E-state index contributed by atoms with van der Waals surface area (Å²) in [5.74, 6) is -0.667. The summed E-state index contributed by atoms with van der Waals surface area (Å²) in [6, 6.07) is 0.185. The molecule has 0 radical (unpaired) electrons. The molecule has 1 heterocycles. The highest BCUT2D eigenvalue weighted by Gasteiger charge is 2.10. The van der Waals surface area contributed by atoms with Crippen LogP contribution in [0.25, 0.3) is 0 Å². The second kappa shape index (κ2) is 6.83. The Bertz CT molecular complexity index is 787. The van der Waals surface area contributed by atoms with Crippen molar-refractivity contribution in [2.75, 3.05) is 0 Å². The fraction of sp³-hybridized carbons (Fsp3) is 0.312. The first kappa shape index (κ1) is 11.3. The van der Waals surface area contributed by atoms with Crippen molar-refractivity contribution in [1.82, 2.24) is 9.55 Å². The van der Waals surface area contributed by atoms with Crippen molar-refractivity contribution in [2.45, 2.75) is 32.7 Å². The van der Waals surface area contributed by atoms with Crippen molar-refractivity contribution >= 4 is 12.3 Å². The molecule has 0 fully saturated rings. The first-order valence-corrected chi connectivity index (χ1v) is 6.73. The zero-order valence-corrected chi connectivity index (χ0v) is 11.7. The van der Waals surface area contributed by atoms with Crippen molar-refractivity contribution in [1.29, 1.82) is 0 Å².